The average molecular weight is 214 g/mol. The van der Waals surface area contributed by atoms with E-state index in [-0.39, 0.29) is 6.42 Å². The van der Waals surface area contributed by atoms with Crippen molar-refractivity contribution < 1.29 is 14.6 Å². The fraction of sp³-hybridized carbons (Fsp3) is 0.300. The maximum absolute atomic E-state index is 10.1. The van der Waals surface area contributed by atoms with Crippen LogP contribution in [0.3, 0.4) is 0 Å². The SMILES string of the molecule is O=C([O-])CCCOc1ccccc1Cl. The van der Waals surface area contributed by atoms with E-state index in [0.717, 1.165) is 0 Å². The van der Waals surface area contributed by atoms with Crippen LogP contribution in [0.15, 0.2) is 24.3 Å². The van der Waals surface area contributed by atoms with E-state index >= 15 is 0 Å². The molecule has 14 heavy (non-hydrogen) atoms. The van der Waals surface area contributed by atoms with Crippen molar-refractivity contribution in [2.75, 3.05) is 6.61 Å². The summed E-state index contributed by atoms with van der Waals surface area (Å²) in [5.41, 5.74) is 0. The number of halogens is 1. The monoisotopic (exact) mass is 213 g/mol. The molecule has 0 bridgehead atoms. The number of hydrogen-bond donors (Lipinski definition) is 0. The molecule has 0 saturated carbocycles. The Morgan fingerprint density at radius 1 is 1.43 bits per heavy atom. The third-order valence-corrected chi connectivity index (χ3v) is 1.93. The van der Waals surface area contributed by atoms with Crippen molar-refractivity contribution >= 4 is 17.6 Å². The van der Waals surface area contributed by atoms with E-state index in [0.29, 0.717) is 23.8 Å². The van der Waals surface area contributed by atoms with E-state index in [1.54, 1.807) is 24.3 Å². The summed E-state index contributed by atoms with van der Waals surface area (Å²) in [6, 6.07) is 7.06. The predicted octanol–water partition coefficient (Wildman–Crippen LogP) is 1.25. The molecule has 0 spiro atoms. The van der Waals surface area contributed by atoms with Gasteiger partial charge in [-0.05, 0) is 25.0 Å². The Bertz CT molecular complexity index is 312. The molecule has 0 saturated heterocycles. The van der Waals surface area contributed by atoms with Crippen LogP contribution in [0.4, 0.5) is 0 Å². The zero-order valence-corrected chi connectivity index (χ0v) is 8.29. The quantitative estimate of drug-likeness (QED) is 0.692. The topological polar surface area (TPSA) is 49.4 Å². The Balaban J connectivity index is 2.31. The summed E-state index contributed by atoms with van der Waals surface area (Å²) in [4.78, 5) is 10.1. The summed E-state index contributed by atoms with van der Waals surface area (Å²) in [7, 11) is 0. The molecular weight excluding hydrogens is 204 g/mol. The Labute approximate surface area is 87.3 Å². The maximum atomic E-state index is 10.1. The van der Waals surface area contributed by atoms with E-state index in [1.807, 2.05) is 0 Å². The number of carboxylic acid groups (broad SMARTS) is 1. The highest BCUT2D eigenvalue weighted by Crippen LogP contribution is 2.23. The van der Waals surface area contributed by atoms with Crippen LogP contribution in [0.5, 0.6) is 5.75 Å². The molecule has 0 atom stereocenters. The van der Waals surface area contributed by atoms with Gasteiger partial charge in [-0.15, -0.1) is 0 Å². The second kappa shape index (κ2) is 5.50. The van der Waals surface area contributed by atoms with Crippen molar-refractivity contribution in [1.29, 1.82) is 0 Å². The van der Waals surface area contributed by atoms with Crippen LogP contribution in [0.1, 0.15) is 12.8 Å². The van der Waals surface area contributed by atoms with Gasteiger partial charge in [-0.1, -0.05) is 23.7 Å². The first kappa shape index (κ1) is 10.9. The summed E-state index contributed by atoms with van der Waals surface area (Å²) in [6.07, 6.45) is 0.429. The van der Waals surface area contributed by atoms with Gasteiger partial charge in [0.25, 0.3) is 0 Å². The third-order valence-electron chi connectivity index (χ3n) is 1.62. The molecule has 1 aromatic carbocycles. The molecule has 0 aliphatic heterocycles. The highest BCUT2D eigenvalue weighted by atomic mass is 35.5. The van der Waals surface area contributed by atoms with Gasteiger partial charge in [0.2, 0.25) is 0 Å². The van der Waals surface area contributed by atoms with E-state index < -0.39 is 5.97 Å². The molecule has 1 aromatic rings. The van der Waals surface area contributed by atoms with Crippen LogP contribution < -0.4 is 9.84 Å². The smallest absolute Gasteiger partial charge is 0.137 e. The van der Waals surface area contributed by atoms with E-state index in [1.165, 1.54) is 0 Å². The first-order chi connectivity index (χ1) is 6.70. The number of benzene rings is 1. The van der Waals surface area contributed by atoms with Crippen LogP contribution in [-0.4, -0.2) is 12.6 Å². The molecule has 0 unspecified atom stereocenters. The van der Waals surface area contributed by atoms with Crippen LogP contribution >= 0.6 is 11.6 Å². The number of para-hydroxylation sites is 1. The molecule has 76 valence electrons. The van der Waals surface area contributed by atoms with E-state index in [2.05, 4.69) is 0 Å². The van der Waals surface area contributed by atoms with Gasteiger partial charge in [-0.3, -0.25) is 0 Å². The van der Waals surface area contributed by atoms with Crippen molar-refractivity contribution in [2.24, 2.45) is 0 Å². The van der Waals surface area contributed by atoms with Gasteiger partial charge >= 0.3 is 0 Å². The van der Waals surface area contributed by atoms with Crippen molar-refractivity contribution in [3.63, 3.8) is 0 Å². The number of ether oxygens (including phenoxy) is 1. The molecule has 0 heterocycles. The van der Waals surface area contributed by atoms with Crippen molar-refractivity contribution in [3.05, 3.63) is 29.3 Å². The van der Waals surface area contributed by atoms with E-state index in [4.69, 9.17) is 16.3 Å². The first-order valence-corrected chi connectivity index (χ1v) is 4.65. The summed E-state index contributed by atoms with van der Waals surface area (Å²) in [5.74, 6) is -0.486. The molecular formula is C10H10ClO3-. The van der Waals surface area contributed by atoms with Crippen molar-refractivity contribution in [3.8, 4) is 5.75 Å². The molecule has 3 nitrogen and oxygen atoms in total. The molecule has 0 radical (unpaired) electrons. The molecule has 0 aromatic heterocycles. The number of carbonyl (C=O) groups excluding carboxylic acids is 1. The molecule has 4 heteroatoms. The minimum Gasteiger partial charge on any atom is -0.550 e. The highest BCUT2D eigenvalue weighted by Gasteiger charge is 1.98. The van der Waals surface area contributed by atoms with Crippen LogP contribution in [0.2, 0.25) is 5.02 Å². The van der Waals surface area contributed by atoms with Gasteiger partial charge in [-0.2, -0.15) is 0 Å². The number of rotatable bonds is 5. The normalized spacial score (nSPS) is 9.79. The molecule has 0 amide bonds. The molecule has 0 aliphatic carbocycles. The van der Waals surface area contributed by atoms with Gasteiger partial charge in [0, 0.05) is 5.97 Å². The summed E-state index contributed by atoms with van der Waals surface area (Å²) in [5, 5.41) is 10.6. The lowest BCUT2D eigenvalue weighted by atomic mass is 10.3. The summed E-state index contributed by atoms with van der Waals surface area (Å²) >= 11 is 5.81. The fourth-order valence-corrected chi connectivity index (χ4v) is 1.15. The number of carbonyl (C=O) groups is 1. The lowest BCUT2D eigenvalue weighted by molar-refractivity contribution is -0.305. The van der Waals surface area contributed by atoms with Gasteiger partial charge in [-0.25, -0.2) is 0 Å². The Hall–Kier alpha value is -1.22. The maximum Gasteiger partial charge on any atom is 0.137 e. The van der Waals surface area contributed by atoms with Crippen molar-refractivity contribution in [2.45, 2.75) is 12.8 Å². The third kappa shape index (κ3) is 3.66. The first-order valence-electron chi connectivity index (χ1n) is 4.27. The number of carboxylic acids is 1. The van der Waals surface area contributed by atoms with Gasteiger partial charge in [0.15, 0.2) is 0 Å². The average Bonchev–Trinajstić information content (AvgIpc) is 2.15. The highest BCUT2D eigenvalue weighted by molar-refractivity contribution is 6.32. The van der Waals surface area contributed by atoms with Crippen LogP contribution in [0, 0.1) is 0 Å². The Morgan fingerprint density at radius 3 is 2.79 bits per heavy atom. The minimum atomic E-state index is -1.06. The fourth-order valence-electron chi connectivity index (χ4n) is 0.960. The lowest BCUT2D eigenvalue weighted by Gasteiger charge is -2.07. The number of aliphatic carboxylic acids is 1. The van der Waals surface area contributed by atoms with E-state index in [9.17, 15) is 9.90 Å². The lowest BCUT2D eigenvalue weighted by Crippen LogP contribution is -2.22. The summed E-state index contributed by atoms with van der Waals surface area (Å²) in [6.45, 7) is 0.331. The zero-order valence-electron chi connectivity index (χ0n) is 7.53. The Morgan fingerprint density at radius 2 is 2.14 bits per heavy atom. The predicted molar refractivity (Wildman–Crippen MR) is 51.2 cm³/mol. The summed E-state index contributed by atoms with van der Waals surface area (Å²) < 4.78 is 5.26. The zero-order chi connectivity index (χ0) is 10.4. The largest absolute Gasteiger partial charge is 0.550 e. The molecule has 0 aliphatic rings. The molecule has 0 N–H and O–H groups in total. The van der Waals surface area contributed by atoms with Crippen LogP contribution in [0.25, 0.3) is 0 Å². The minimum absolute atomic E-state index is 0.00442. The van der Waals surface area contributed by atoms with Gasteiger partial charge in [0.1, 0.15) is 5.75 Å². The van der Waals surface area contributed by atoms with Gasteiger partial charge in [0.05, 0.1) is 11.6 Å². The second-order valence-corrected chi connectivity index (χ2v) is 3.16. The standard InChI is InChI=1S/C10H11ClO3/c11-8-4-1-2-5-9(8)14-7-3-6-10(12)13/h1-2,4-5H,3,6-7H2,(H,12,13)/p-1. The van der Waals surface area contributed by atoms with Crippen molar-refractivity contribution in [1.82, 2.24) is 0 Å². The molecule has 0 fully saturated rings. The Kier molecular flexibility index (Phi) is 4.26. The van der Waals surface area contributed by atoms with Crippen LogP contribution in [-0.2, 0) is 4.79 Å². The van der Waals surface area contributed by atoms with Gasteiger partial charge < -0.3 is 14.6 Å². The second-order valence-electron chi connectivity index (χ2n) is 2.75. The molecule has 1 rings (SSSR count). The number of hydrogen-bond acceptors (Lipinski definition) is 3.